The molecule has 1 aromatic heterocycles. The quantitative estimate of drug-likeness (QED) is 0.897. The fourth-order valence-corrected chi connectivity index (χ4v) is 1.66. The number of hydrogen-bond acceptors (Lipinski definition) is 4. The van der Waals surface area contributed by atoms with Gasteiger partial charge in [0.2, 0.25) is 5.95 Å². The first-order valence-electron chi connectivity index (χ1n) is 5.37. The minimum absolute atomic E-state index is 0.336. The Balaban J connectivity index is 2.31. The molecule has 1 N–H and O–H groups in total. The summed E-state index contributed by atoms with van der Waals surface area (Å²) >= 11 is 6.04. The van der Waals surface area contributed by atoms with Gasteiger partial charge in [0.15, 0.2) is 0 Å². The Bertz CT molecular complexity index is 631. The van der Waals surface area contributed by atoms with Crippen LogP contribution in [0.4, 0.5) is 11.6 Å². The molecule has 0 atom stereocenters. The Kier molecular flexibility index (Phi) is 3.45. The van der Waals surface area contributed by atoms with Crippen LogP contribution < -0.4 is 5.32 Å². The van der Waals surface area contributed by atoms with Gasteiger partial charge in [0.1, 0.15) is 11.8 Å². The van der Waals surface area contributed by atoms with E-state index in [2.05, 4.69) is 15.3 Å². The summed E-state index contributed by atoms with van der Waals surface area (Å²) in [7, 11) is 0. The zero-order chi connectivity index (χ0) is 13.1. The lowest BCUT2D eigenvalue weighted by atomic mass is 10.2. The largest absolute Gasteiger partial charge is 0.324 e. The van der Waals surface area contributed by atoms with Gasteiger partial charge in [-0.25, -0.2) is 9.97 Å². The van der Waals surface area contributed by atoms with Crippen LogP contribution in [0.25, 0.3) is 0 Å². The number of nitrogens with zero attached hydrogens (tertiary/aromatic N) is 3. The summed E-state index contributed by atoms with van der Waals surface area (Å²) in [6.07, 6.45) is 0. The van der Waals surface area contributed by atoms with Crippen LogP contribution >= 0.6 is 11.6 Å². The number of halogens is 1. The molecule has 90 valence electrons. The molecule has 4 nitrogen and oxygen atoms in total. The fourth-order valence-electron chi connectivity index (χ4n) is 1.48. The number of aromatic nitrogens is 2. The molecule has 1 heterocycles. The van der Waals surface area contributed by atoms with E-state index in [1.165, 1.54) is 0 Å². The van der Waals surface area contributed by atoms with Crippen LogP contribution in [-0.2, 0) is 0 Å². The molecule has 0 bridgehead atoms. The summed E-state index contributed by atoms with van der Waals surface area (Å²) in [5.41, 5.74) is 2.87. The Morgan fingerprint density at radius 2 is 2.00 bits per heavy atom. The molecule has 0 radical (unpaired) electrons. The van der Waals surface area contributed by atoms with Gasteiger partial charge in [-0.05, 0) is 37.6 Å². The van der Waals surface area contributed by atoms with Gasteiger partial charge in [0.25, 0.3) is 0 Å². The molecule has 0 saturated carbocycles. The molecule has 0 fully saturated rings. The van der Waals surface area contributed by atoms with Gasteiger partial charge in [0, 0.05) is 16.4 Å². The van der Waals surface area contributed by atoms with Crippen LogP contribution in [-0.4, -0.2) is 9.97 Å². The number of hydrogen-bond donors (Lipinski definition) is 1. The van der Waals surface area contributed by atoms with Gasteiger partial charge < -0.3 is 5.32 Å². The van der Waals surface area contributed by atoms with Crippen molar-refractivity contribution in [1.29, 1.82) is 5.26 Å². The first-order chi connectivity index (χ1) is 8.58. The standard InChI is InChI=1S/C13H11ClN4/c1-8-3-4-10(6-12(8)14)17-13-16-9(2)5-11(7-15)18-13/h3-6H,1-2H3,(H,16,17,18). The average molecular weight is 259 g/mol. The van der Waals surface area contributed by atoms with E-state index in [0.29, 0.717) is 16.7 Å². The van der Waals surface area contributed by atoms with E-state index < -0.39 is 0 Å². The highest BCUT2D eigenvalue weighted by Crippen LogP contribution is 2.22. The van der Waals surface area contributed by atoms with E-state index in [1.54, 1.807) is 12.1 Å². The van der Waals surface area contributed by atoms with Crippen LogP contribution in [0, 0.1) is 25.2 Å². The Morgan fingerprint density at radius 1 is 1.22 bits per heavy atom. The highest BCUT2D eigenvalue weighted by molar-refractivity contribution is 6.31. The van der Waals surface area contributed by atoms with E-state index >= 15 is 0 Å². The zero-order valence-corrected chi connectivity index (χ0v) is 10.8. The Labute approximate surface area is 110 Å². The van der Waals surface area contributed by atoms with Crippen LogP contribution in [0.1, 0.15) is 17.0 Å². The molecule has 0 unspecified atom stereocenters. The fraction of sp³-hybridized carbons (Fsp3) is 0.154. The second kappa shape index (κ2) is 5.03. The maximum Gasteiger partial charge on any atom is 0.228 e. The van der Waals surface area contributed by atoms with Crippen molar-refractivity contribution in [3.05, 3.63) is 46.2 Å². The average Bonchev–Trinajstić information content (AvgIpc) is 2.33. The number of rotatable bonds is 2. The second-order valence-corrected chi connectivity index (χ2v) is 4.33. The Hall–Kier alpha value is -2.12. The lowest BCUT2D eigenvalue weighted by Gasteiger charge is -2.07. The van der Waals surface area contributed by atoms with E-state index in [0.717, 1.165) is 16.9 Å². The van der Waals surface area contributed by atoms with Crippen molar-refractivity contribution in [2.24, 2.45) is 0 Å². The van der Waals surface area contributed by atoms with E-state index in [1.807, 2.05) is 32.0 Å². The summed E-state index contributed by atoms with van der Waals surface area (Å²) < 4.78 is 0. The van der Waals surface area contributed by atoms with Gasteiger partial charge in [-0.15, -0.1) is 0 Å². The zero-order valence-electron chi connectivity index (χ0n) is 10.0. The highest BCUT2D eigenvalue weighted by Gasteiger charge is 2.03. The molecule has 18 heavy (non-hydrogen) atoms. The normalized spacial score (nSPS) is 9.89. The molecule has 0 aliphatic rings. The summed E-state index contributed by atoms with van der Waals surface area (Å²) in [5, 5.41) is 12.5. The predicted octanol–water partition coefficient (Wildman–Crippen LogP) is 3.36. The summed E-state index contributed by atoms with van der Waals surface area (Å²) in [5.74, 6) is 0.395. The van der Waals surface area contributed by atoms with E-state index in [9.17, 15) is 0 Å². The third-order valence-corrected chi connectivity index (χ3v) is 2.80. The van der Waals surface area contributed by atoms with E-state index in [-0.39, 0.29) is 0 Å². The van der Waals surface area contributed by atoms with Gasteiger partial charge in [0.05, 0.1) is 0 Å². The molecule has 0 aliphatic carbocycles. The molecule has 1 aromatic carbocycles. The van der Waals surface area contributed by atoms with Crippen LogP contribution in [0.3, 0.4) is 0 Å². The second-order valence-electron chi connectivity index (χ2n) is 3.92. The van der Waals surface area contributed by atoms with Crippen molar-refractivity contribution in [2.75, 3.05) is 5.32 Å². The van der Waals surface area contributed by atoms with Gasteiger partial charge in [-0.1, -0.05) is 17.7 Å². The number of nitrogens with one attached hydrogen (secondary N) is 1. The SMILES string of the molecule is Cc1cc(C#N)nc(Nc2ccc(C)c(Cl)c2)n1. The lowest BCUT2D eigenvalue weighted by molar-refractivity contribution is 1.09. The van der Waals surface area contributed by atoms with Gasteiger partial charge >= 0.3 is 0 Å². The number of benzene rings is 1. The number of nitriles is 1. The first-order valence-corrected chi connectivity index (χ1v) is 5.75. The molecular formula is C13H11ClN4. The summed E-state index contributed by atoms with van der Waals surface area (Å²) in [6.45, 7) is 3.75. The molecule has 0 saturated heterocycles. The van der Waals surface area contributed by atoms with Gasteiger partial charge in [-0.2, -0.15) is 5.26 Å². The third kappa shape index (κ3) is 2.76. The summed E-state index contributed by atoms with van der Waals surface area (Å²) in [4.78, 5) is 8.29. The van der Waals surface area contributed by atoms with Crippen molar-refractivity contribution in [3.63, 3.8) is 0 Å². The van der Waals surface area contributed by atoms with Gasteiger partial charge in [-0.3, -0.25) is 0 Å². The molecule has 5 heteroatoms. The lowest BCUT2D eigenvalue weighted by Crippen LogP contribution is -2.00. The van der Waals surface area contributed by atoms with Crippen molar-refractivity contribution in [2.45, 2.75) is 13.8 Å². The van der Waals surface area contributed by atoms with Crippen molar-refractivity contribution < 1.29 is 0 Å². The first kappa shape index (κ1) is 12.3. The minimum atomic E-state index is 0.336. The monoisotopic (exact) mass is 258 g/mol. The van der Waals surface area contributed by atoms with Crippen molar-refractivity contribution in [1.82, 2.24) is 9.97 Å². The van der Waals surface area contributed by atoms with Crippen molar-refractivity contribution in [3.8, 4) is 6.07 Å². The smallest absolute Gasteiger partial charge is 0.228 e. The Morgan fingerprint density at radius 3 is 2.67 bits per heavy atom. The van der Waals surface area contributed by atoms with E-state index in [4.69, 9.17) is 16.9 Å². The minimum Gasteiger partial charge on any atom is -0.324 e. The molecular weight excluding hydrogens is 248 g/mol. The molecule has 0 amide bonds. The van der Waals surface area contributed by atoms with Crippen molar-refractivity contribution >= 4 is 23.2 Å². The number of aryl methyl sites for hydroxylation is 2. The molecule has 0 aliphatic heterocycles. The highest BCUT2D eigenvalue weighted by atomic mass is 35.5. The molecule has 2 rings (SSSR count). The maximum atomic E-state index is 8.84. The topological polar surface area (TPSA) is 61.6 Å². The molecule has 2 aromatic rings. The van der Waals surface area contributed by atoms with Crippen LogP contribution in [0.2, 0.25) is 5.02 Å². The molecule has 0 spiro atoms. The maximum absolute atomic E-state index is 8.84. The summed E-state index contributed by atoms with van der Waals surface area (Å²) in [6, 6.07) is 9.23. The number of anilines is 2. The third-order valence-electron chi connectivity index (χ3n) is 2.40. The predicted molar refractivity (Wildman–Crippen MR) is 71.0 cm³/mol. The van der Waals surface area contributed by atoms with Crippen LogP contribution in [0.5, 0.6) is 0 Å². The van der Waals surface area contributed by atoms with Crippen LogP contribution in [0.15, 0.2) is 24.3 Å².